The minimum atomic E-state index is -3.61. The van der Waals surface area contributed by atoms with Crippen molar-refractivity contribution in [2.75, 3.05) is 35.8 Å². The molecule has 1 aliphatic rings. The number of hydrogen-bond acceptors (Lipinski definition) is 5. The maximum absolute atomic E-state index is 12.5. The van der Waals surface area contributed by atoms with Gasteiger partial charge in [-0.3, -0.25) is 4.72 Å². The molecule has 0 spiro atoms. The summed E-state index contributed by atoms with van der Waals surface area (Å²) in [6, 6.07) is 10.6. The summed E-state index contributed by atoms with van der Waals surface area (Å²) >= 11 is 0. The Morgan fingerprint density at radius 2 is 1.76 bits per heavy atom. The van der Waals surface area contributed by atoms with Crippen LogP contribution in [0.15, 0.2) is 47.5 Å². The van der Waals surface area contributed by atoms with Gasteiger partial charge in [0.15, 0.2) is 0 Å². The van der Waals surface area contributed by atoms with E-state index in [-0.39, 0.29) is 4.90 Å². The van der Waals surface area contributed by atoms with Crippen LogP contribution in [-0.4, -0.2) is 39.6 Å². The molecule has 2 heterocycles. The number of nitrogens with one attached hydrogen (secondary N) is 2. The van der Waals surface area contributed by atoms with Crippen molar-refractivity contribution in [1.82, 2.24) is 10.3 Å². The predicted molar refractivity (Wildman–Crippen MR) is 101 cm³/mol. The van der Waals surface area contributed by atoms with Gasteiger partial charge in [0.2, 0.25) is 0 Å². The van der Waals surface area contributed by atoms with Gasteiger partial charge < -0.3 is 10.2 Å². The Morgan fingerprint density at radius 1 is 1.08 bits per heavy atom. The van der Waals surface area contributed by atoms with Gasteiger partial charge in [-0.2, -0.15) is 0 Å². The van der Waals surface area contributed by atoms with Crippen LogP contribution in [0, 0.1) is 0 Å². The van der Waals surface area contributed by atoms with Gasteiger partial charge >= 0.3 is 0 Å². The Hall–Kier alpha value is -2.12. The molecule has 1 aromatic heterocycles. The molecule has 3 rings (SSSR count). The largest absolute Gasteiger partial charge is 0.354 e. The van der Waals surface area contributed by atoms with E-state index in [2.05, 4.69) is 33.8 Å². The number of sulfonamides is 1. The molecule has 0 radical (unpaired) electrons. The fraction of sp³-hybridized carbons (Fsp3) is 0.389. The molecule has 1 aliphatic heterocycles. The van der Waals surface area contributed by atoms with Crippen LogP contribution in [-0.2, 0) is 10.0 Å². The first-order valence-corrected chi connectivity index (χ1v) is 9.98. The quantitative estimate of drug-likeness (QED) is 0.857. The minimum Gasteiger partial charge on any atom is -0.354 e. The van der Waals surface area contributed by atoms with E-state index in [9.17, 15) is 8.42 Å². The topological polar surface area (TPSA) is 74.3 Å². The number of nitrogens with zero attached hydrogens (tertiary/aromatic N) is 2. The van der Waals surface area contributed by atoms with Crippen molar-refractivity contribution >= 4 is 21.5 Å². The Labute approximate surface area is 149 Å². The van der Waals surface area contributed by atoms with Crippen molar-refractivity contribution in [1.29, 1.82) is 0 Å². The van der Waals surface area contributed by atoms with Crippen LogP contribution in [0.3, 0.4) is 0 Å². The minimum absolute atomic E-state index is 0.253. The summed E-state index contributed by atoms with van der Waals surface area (Å²) < 4.78 is 27.6. The molecule has 6 nitrogen and oxygen atoms in total. The molecule has 0 atom stereocenters. The number of pyridine rings is 1. The monoisotopic (exact) mass is 360 g/mol. The second-order valence-corrected chi connectivity index (χ2v) is 8.15. The molecule has 1 fully saturated rings. The third kappa shape index (κ3) is 4.29. The van der Waals surface area contributed by atoms with E-state index in [1.54, 1.807) is 24.4 Å². The maximum Gasteiger partial charge on any atom is 0.261 e. The lowest BCUT2D eigenvalue weighted by molar-refractivity contribution is 0.585. The Bertz CT molecular complexity index is 796. The normalized spacial score (nSPS) is 15.4. The van der Waals surface area contributed by atoms with Crippen LogP contribution in [0.1, 0.15) is 25.3 Å². The standard InChI is InChI=1S/C18H24N4O2S/c1-14(2)15-3-6-17(7-4-15)25(23,24)21-16-5-8-18(20-13-16)22-11-9-19-10-12-22/h3-8,13-14,19,21H,9-12H2,1-2H3. The molecule has 1 aromatic carbocycles. The molecule has 0 bridgehead atoms. The van der Waals surface area contributed by atoms with Gasteiger partial charge in [0.05, 0.1) is 16.8 Å². The van der Waals surface area contributed by atoms with Gasteiger partial charge in [0.25, 0.3) is 10.0 Å². The first kappa shape index (κ1) is 17.7. The van der Waals surface area contributed by atoms with Crippen LogP contribution in [0.4, 0.5) is 11.5 Å². The van der Waals surface area contributed by atoms with Crippen molar-refractivity contribution in [2.24, 2.45) is 0 Å². The van der Waals surface area contributed by atoms with E-state index in [0.29, 0.717) is 11.6 Å². The second-order valence-electron chi connectivity index (χ2n) is 6.47. The summed E-state index contributed by atoms with van der Waals surface area (Å²) in [7, 11) is -3.61. The van der Waals surface area contributed by atoms with Gasteiger partial charge in [0, 0.05) is 26.2 Å². The Morgan fingerprint density at radius 3 is 2.32 bits per heavy atom. The zero-order valence-corrected chi connectivity index (χ0v) is 15.4. The molecule has 0 aliphatic carbocycles. The molecule has 134 valence electrons. The average Bonchev–Trinajstić information content (AvgIpc) is 2.63. The lowest BCUT2D eigenvalue weighted by Gasteiger charge is -2.28. The van der Waals surface area contributed by atoms with Crippen molar-refractivity contribution < 1.29 is 8.42 Å². The first-order valence-electron chi connectivity index (χ1n) is 8.50. The smallest absolute Gasteiger partial charge is 0.261 e. The third-order valence-corrected chi connectivity index (χ3v) is 5.70. The molecular weight excluding hydrogens is 336 g/mol. The lowest BCUT2D eigenvalue weighted by atomic mass is 10.0. The molecule has 7 heteroatoms. The summed E-state index contributed by atoms with van der Waals surface area (Å²) in [4.78, 5) is 6.82. The zero-order chi connectivity index (χ0) is 17.9. The Balaban J connectivity index is 1.72. The van der Waals surface area contributed by atoms with Crippen molar-refractivity contribution in [3.63, 3.8) is 0 Å². The van der Waals surface area contributed by atoms with E-state index >= 15 is 0 Å². The maximum atomic E-state index is 12.5. The lowest BCUT2D eigenvalue weighted by Crippen LogP contribution is -2.43. The van der Waals surface area contributed by atoms with E-state index in [4.69, 9.17) is 0 Å². The van der Waals surface area contributed by atoms with Gasteiger partial charge in [-0.1, -0.05) is 26.0 Å². The first-order chi connectivity index (χ1) is 12.0. The fourth-order valence-corrected chi connectivity index (χ4v) is 3.82. The molecule has 0 saturated carbocycles. The molecule has 2 aromatic rings. The Kier molecular flexibility index (Phi) is 5.24. The summed E-state index contributed by atoms with van der Waals surface area (Å²) in [5, 5.41) is 3.29. The molecule has 2 N–H and O–H groups in total. The van der Waals surface area contributed by atoms with Gasteiger partial charge in [-0.05, 0) is 35.7 Å². The van der Waals surface area contributed by atoms with Gasteiger partial charge in [0.1, 0.15) is 5.82 Å². The van der Waals surface area contributed by atoms with Crippen LogP contribution in [0.25, 0.3) is 0 Å². The van der Waals surface area contributed by atoms with E-state index in [0.717, 1.165) is 37.6 Å². The number of aromatic nitrogens is 1. The van der Waals surface area contributed by atoms with Crippen molar-refractivity contribution in [3.8, 4) is 0 Å². The number of piperazine rings is 1. The van der Waals surface area contributed by atoms with Crippen LogP contribution in [0.2, 0.25) is 0 Å². The highest BCUT2D eigenvalue weighted by Gasteiger charge is 2.16. The van der Waals surface area contributed by atoms with Crippen LogP contribution < -0.4 is 14.9 Å². The van der Waals surface area contributed by atoms with Gasteiger partial charge in [-0.25, -0.2) is 13.4 Å². The van der Waals surface area contributed by atoms with E-state index in [1.807, 2.05) is 18.2 Å². The molecule has 0 unspecified atom stereocenters. The molecule has 1 saturated heterocycles. The second kappa shape index (κ2) is 7.41. The molecular formula is C18H24N4O2S. The molecule has 0 amide bonds. The average molecular weight is 360 g/mol. The van der Waals surface area contributed by atoms with E-state index in [1.165, 1.54) is 0 Å². The summed E-state index contributed by atoms with van der Waals surface area (Å²) in [6.45, 7) is 7.83. The highest BCUT2D eigenvalue weighted by atomic mass is 32.2. The molecule has 25 heavy (non-hydrogen) atoms. The third-order valence-electron chi connectivity index (χ3n) is 4.30. The zero-order valence-electron chi connectivity index (χ0n) is 14.6. The number of hydrogen-bond donors (Lipinski definition) is 2. The number of benzene rings is 1. The van der Waals surface area contributed by atoms with Gasteiger partial charge in [-0.15, -0.1) is 0 Å². The van der Waals surface area contributed by atoms with E-state index < -0.39 is 10.0 Å². The van der Waals surface area contributed by atoms with Crippen LogP contribution >= 0.6 is 0 Å². The fourth-order valence-electron chi connectivity index (χ4n) is 2.77. The van der Waals surface area contributed by atoms with Crippen molar-refractivity contribution in [3.05, 3.63) is 48.2 Å². The van der Waals surface area contributed by atoms with Crippen LogP contribution in [0.5, 0.6) is 0 Å². The summed E-state index contributed by atoms with van der Waals surface area (Å²) in [5.41, 5.74) is 1.58. The summed E-state index contributed by atoms with van der Waals surface area (Å²) in [6.07, 6.45) is 1.57. The highest BCUT2D eigenvalue weighted by Crippen LogP contribution is 2.21. The summed E-state index contributed by atoms with van der Waals surface area (Å²) in [5.74, 6) is 1.23. The number of rotatable bonds is 5. The van der Waals surface area contributed by atoms with Crippen molar-refractivity contribution in [2.45, 2.75) is 24.7 Å². The SMILES string of the molecule is CC(C)c1ccc(S(=O)(=O)Nc2ccc(N3CCNCC3)nc2)cc1. The predicted octanol–water partition coefficient (Wildman–Crippen LogP) is 2.42. The highest BCUT2D eigenvalue weighted by molar-refractivity contribution is 7.92. The number of anilines is 2.